The lowest BCUT2D eigenvalue weighted by atomic mass is 9.57. The molecular weight excluding hydrogens is 316 g/mol. The minimum absolute atomic E-state index is 0.0360. The lowest BCUT2D eigenvalue weighted by molar-refractivity contribution is -0.137. The zero-order valence-electron chi connectivity index (χ0n) is 13.9. The third-order valence-electron chi connectivity index (χ3n) is 5.19. The van der Waals surface area contributed by atoms with Gasteiger partial charge in [-0.15, -0.1) is 0 Å². The molecular formula is C17H23ClN2O3. The molecule has 6 heteroatoms. The van der Waals surface area contributed by atoms with Gasteiger partial charge in [-0.2, -0.15) is 0 Å². The monoisotopic (exact) mass is 338 g/mol. The number of carbonyl (C=O) groups excluding carboxylic acids is 1. The summed E-state index contributed by atoms with van der Waals surface area (Å²) in [5.41, 5.74) is 0.541. The molecule has 1 saturated carbocycles. The van der Waals surface area contributed by atoms with Crippen LogP contribution >= 0.6 is 11.6 Å². The van der Waals surface area contributed by atoms with Gasteiger partial charge in [0.1, 0.15) is 0 Å². The molecule has 23 heavy (non-hydrogen) atoms. The Kier molecular flexibility index (Phi) is 4.19. The van der Waals surface area contributed by atoms with Gasteiger partial charge in [0.05, 0.1) is 23.9 Å². The Balaban J connectivity index is 1.75. The molecule has 0 aromatic heterocycles. The molecule has 126 valence electrons. The van der Waals surface area contributed by atoms with Crippen LogP contribution in [0.5, 0.6) is 5.75 Å². The molecule has 0 spiro atoms. The average Bonchev–Trinajstić information content (AvgIpc) is 2.93. The van der Waals surface area contributed by atoms with Crippen molar-refractivity contribution in [2.45, 2.75) is 32.4 Å². The third-order valence-corrected chi connectivity index (χ3v) is 5.49. The number of hydrogen-bond acceptors (Lipinski definition) is 3. The van der Waals surface area contributed by atoms with Crippen molar-refractivity contribution in [3.63, 3.8) is 0 Å². The lowest BCUT2D eigenvalue weighted by Gasteiger charge is -2.57. The number of nitrogens with one attached hydrogen (secondary N) is 1. The SMILES string of the molecule is COc1c(Cl)cccc1NC(=O)N(C)[C@@H]1[C@H]2CCO[C@H]2C1(C)C. The number of fused-ring (bicyclic) bond motifs is 1. The largest absolute Gasteiger partial charge is 0.493 e. The molecule has 1 aliphatic heterocycles. The van der Waals surface area contributed by atoms with Crippen LogP contribution in [0.1, 0.15) is 20.3 Å². The Bertz CT molecular complexity index is 620. The molecule has 0 unspecified atom stereocenters. The first-order chi connectivity index (χ1) is 10.9. The summed E-state index contributed by atoms with van der Waals surface area (Å²) in [6.45, 7) is 5.11. The fraction of sp³-hybridized carbons (Fsp3) is 0.588. The Morgan fingerprint density at radius 1 is 1.48 bits per heavy atom. The zero-order valence-corrected chi connectivity index (χ0v) is 14.7. The molecule has 1 aliphatic carbocycles. The van der Waals surface area contributed by atoms with Crippen LogP contribution in [0.4, 0.5) is 10.5 Å². The van der Waals surface area contributed by atoms with Crippen molar-refractivity contribution >= 4 is 23.3 Å². The van der Waals surface area contributed by atoms with E-state index < -0.39 is 0 Å². The summed E-state index contributed by atoms with van der Waals surface area (Å²) in [6.07, 6.45) is 1.26. The van der Waals surface area contributed by atoms with Crippen LogP contribution in [-0.4, -0.2) is 43.8 Å². The summed E-state index contributed by atoms with van der Waals surface area (Å²) in [4.78, 5) is 14.5. The van der Waals surface area contributed by atoms with Gasteiger partial charge in [-0.05, 0) is 18.6 Å². The number of anilines is 1. The van der Waals surface area contributed by atoms with Crippen LogP contribution in [0.2, 0.25) is 5.02 Å². The van der Waals surface area contributed by atoms with Crippen molar-refractivity contribution in [2.75, 3.05) is 26.1 Å². The number of nitrogens with zero attached hydrogens (tertiary/aromatic N) is 1. The van der Waals surface area contributed by atoms with E-state index >= 15 is 0 Å². The van der Waals surface area contributed by atoms with Crippen molar-refractivity contribution < 1.29 is 14.3 Å². The van der Waals surface area contributed by atoms with Crippen molar-refractivity contribution in [1.82, 2.24) is 4.90 Å². The van der Waals surface area contributed by atoms with E-state index in [4.69, 9.17) is 21.1 Å². The Labute approximate surface area is 141 Å². The quantitative estimate of drug-likeness (QED) is 0.915. The molecule has 1 saturated heterocycles. The van der Waals surface area contributed by atoms with Crippen molar-refractivity contribution in [3.05, 3.63) is 23.2 Å². The highest BCUT2D eigenvalue weighted by molar-refractivity contribution is 6.32. The normalized spacial score (nSPS) is 27.8. The number of methoxy groups -OCH3 is 1. The van der Waals surface area contributed by atoms with Gasteiger partial charge in [-0.1, -0.05) is 31.5 Å². The van der Waals surface area contributed by atoms with Gasteiger partial charge >= 0.3 is 6.03 Å². The molecule has 3 atom stereocenters. The highest BCUT2D eigenvalue weighted by atomic mass is 35.5. The molecule has 5 nitrogen and oxygen atoms in total. The van der Waals surface area contributed by atoms with Crippen LogP contribution in [0.3, 0.4) is 0 Å². The van der Waals surface area contributed by atoms with Gasteiger partial charge in [-0.3, -0.25) is 0 Å². The molecule has 0 radical (unpaired) electrons. The van der Waals surface area contributed by atoms with E-state index in [0.29, 0.717) is 22.4 Å². The van der Waals surface area contributed by atoms with E-state index in [2.05, 4.69) is 19.2 Å². The molecule has 3 rings (SSSR count). The van der Waals surface area contributed by atoms with Crippen LogP contribution in [0.15, 0.2) is 18.2 Å². The summed E-state index contributed by atoms with van der Waals surface area (Å²) in [5.74, 6) is 0.896. The summed E-state index contributed by atoms with van der Waals surface area (Å²) in [7, 11) is 3.38. The maximum Gasteiger partial charge on any atom is 0.321 e. The fourth-order valence-electron chi connectivity index (χ4n) is 4.23. The Hall–Kier alpha value is -1.46. The van der Waals surface area contributed by atoms with Gasteiger partial charge in [-0.25, -0.2) is 4.79 Å². The number of benzene rings is 1. The number of rotatable bonds is 3. The van der Waals surface area contributed by atoms with Crippen LogP contribution < -0.4 is 10.1 Å². The van der Waals surface area contributed by atoms with Crippen molar-refractivity contribution in [2.24, 2.45) is 11.3 Å². The van der Waals surface area contributed by atoms with Gasteiger partial charge in [0, 0.05) is 31.0 Å². The van der Waals surface area contributed by atoms with Gasteiger partial charge < -0.3 is 19.7 Å². The number of hydrogen-bond donors (Lipinski definition) is 1. The maximum atomic E-state index is 12.7. The van der Waals surface area contributed by atoms with Crippen LogP contribution in [-0.2, 0) is 4.74 Å². The second-order valence-electron chi connectivity index (χ2n) is 6.87. The van der Waals surface area contributed by atoms with Gasteiger partial charge in [0.2, 0.25) is 0 Å². The van der Waals surface area contributed by atoms with E-state index in [9.17, 15) is 4.79 Å². The second-order valence-corrected chi connectivity index (χ2v) is 7.28. The minimum atomic E-state index is -0.158. The van der Waals surface area contributed by atoms with Crippen molar-refractivity contribution in [3.8, 4) is 5.75 Å². The molecule has 2 fully saturated rings. The number of halogens is 1. The summed E-state index contributed by atoms with van der Waals surface area (Å²) < 4.78 is 11.1. The number of urea groups is 1. The summed E-state index contributed by atoms with van der Waals surface area (Å²) in [6, 6.07) is 5.31. The molecule has 2 amide bonds. The highest BCUT2D eigenvalue weighted by Gasteiger charge is 2.61. The van der Waals surface area contributed by atoms with E-state index in [1.165, 1.54) is 7.11 Å². The smallest absolute Gasteiger partial charge is 0.321 e. The van der Waals surface area contributed by atoms with Crippen LogP contribution in [0, 0.1) is 11.3 Å². The first kappa shape index (κ1) is 16.4. The first-order valence-electron chi connectivity index (χ1n) is 7.86. The van der Waals surface area contributed by atoms with Crippen LogP contribution in [0.25, 0.3) is 0 Å². The molecule has 1 aromatic carbocycles. The molecule has 1 N–H and O–H groups in total. The zero-order chi connectivity index (χ0) is 16.8. The van der Waals surface area contributed by atoms with Crippen molar-refractivity contribution in [1.29, 1.82) is 0 Å². The molecule has 1 aromatic rings. The third kappa shape index (κ3) is 2.56. The number of carbonyl (C=O) groups is 1. The van der Waals surface area contributed by atoms with Gasteiger partial charge in [0.15, 0.2) is 5.75 Å². The highest BCUT2D eigenvalue weighted by Crippen LogP contribution is 2.54. The van der Waals surface area contributed by atoms with E-state index in [1.807, 2.05) is 7.05 Å². The minimum Gasteiger partial charge on any atom is -0.493 e. The lowest BCUT2D eigenvalue weighted by Crippen LogP contribution is -2.67. The molecule has 1 heterocycles. The predicted molar refractivity (Wildman–Crippen MR) is 90.2 cm³/mol. The molecule has 2 aliphatic rings. The maximum absolute atomic E-state index is 12.7. The van der Waals surface area contributed by atoms with E-state index in [0.717, 1.165) is 13.0 Å². The summed E-state index contributed by atoms with van der Waals surface area (Å²) in [5, 5.41) is 3.38. The summed E-state index contributed by atoms with van der Waals surface area (Å²) >= 11 is 6.11. The fourth-order valence-corrected chi connectivity index (χ4v) is 4.48. The van der Waals surface area contributed by atoms with E-state index in [-0.39, 0.29) is 23.6 Å². The number of para-hydroxylation sites is 1. The first-order valence-corrected chi connectivity index (χ1v) is 8.23. The second kappa shape index (κ2) is 5.87. The Morgan fingerprint density at radius 2 is 2.22 bits per heavy atom. The van der Waals surface area contributed by atoms with E-state index in [1.54, 1.807) is 23.1 Å². The predicted octanol–water partition coefficient (Wildman–Crippen LogP) is 3.63. The standard InChI is InChI=1S/C17H23ClN2O3/c1-17(2)14(10-8-9-23-15(10)17)20(3)16(21)19-12-7-5-6-11(18)13(12)22-4/h5-7,10,14-15H,8-9H2,1-4H3,(H,19,21)/t10-,14-,15-/m1/s1. The number of ether oxygens (including phenoxy) is 2. The Morgan fingerprint density at radius 3 is 2.91 bits per heavy atom. The van der Waals surface area contributed by atoms with Gasteiger partial charge in [0.25, 0.3) is 0 Å². The average molecular weight is 339 g/mol. The molecule has 0 bridgehead atoms. The number of amides is 2. The topological polar surface area (TPSA) is 50.8 Å².